The lowest BCUT2D eigenvalue weighted by atomic mass is 9.50. The van der Waals surface area contributed by atoms with Crippen molar-refractivity contribution < 1.29 is 34.4 Å². The summed E-state index contributed by atoms with van der Waals surface area (Å²) in [7, 11) is 0. The maximum absolute atomic E-state index is 14.0. The van der Waals surface area contributed by atoms with Crippen LogP contribution >= 0.6 is 0 Å². The van der Waals surface area contributed by atoms with E-state index in [0.717, 1.165) is 0 Å². The zero-order valence-corrected chi connectivity index (χ0v) is 20.7. The maximum Gasteiger partial charge on any atom is 0.183 e. The zero-order chi connectivity index (χ0) is 25.1. The Hall–Kier alpha value is -1.93. The average molecular weight is 471 g/mol. The van der Waals surface area contributed by atoms with Gasteiger partial charge in [-0.15, -0.1) is 0 Å². The summed E-state index contributed by atoms with van der Waals surface area (Å²) in [4.78, 5) is 51.9. The molecule has 1 saturated carbocycles. The monoisotopic (exact) mass is 470 g/mol. The van der Waals surface area contributed by atoms with Gasteiger partial charge in [-0.05, 0) is 69.4 Å². The predicted octanol–water partition coefficient (Wildman–Crippen LogP) is 2.94. The predicted molar refractivity (Wildman–Crippen MR) is 122 cm³/mol. The molecule has 0 aromatic heterocycles. The van der Waals surface area contributed by atoms with E-state index in [9.17, 15) is 24.6 Å². The van der Waals surface area contributed by atoms with Crippen molar-refractivity contribution in [1.82, 2.24) is 0 Å². The number of aliphatic hydroxyl groups is 2. The van der Waals surface area contributed by atoms with Crippen LogP contribution < -0.4 is 0 Å². The lowest BCUT2D eigenvalue weighted by Gasteiger charge is -2.55. The van der Waals surface area contributed by atoms with Gasteiger partial charge in [0, 0.05) is 29.2 Å². The number of hydrogen-bond acceptors (Lipinski definition) is 7. The standard InChI is InChI=1S/C27H34O7/c1-14-22(31)15(2)26(32)9-10-27(34-33-23(14,3)4)18-12-20(29)19-11-16(28)7-8-24(19,5)17(18)13-21(30)25(26,27)6/h11-15,22,31-32H,7-10H2,1-6H3. The Morgan fingerprint density at radius 2 is 1.53 bits per heavy atom. The summed E-state index contributed by atoms with van der Waals surface area (Å²) in [5.74, 6) is -1.76. The zero-order valence-electron chi connectivity index (χ0n) is 20.7. The number of aliphatic hydroxyl groups excluding tert-OH is 1. The topological polar surface area (TPSA) is 110 Å². The fourth-order valence-electron chi connectivity index (χ4n) is 7.22. The van der Waals surface area contributed by atoms with Gasteiger partial charge in [0.05, 0.1) is 17.1 Å². The molecule has 5 rings (SSSR count). The highest BCUT2D eigenvalue weighted by atomic mass is 17.2. The molecule has 4 aliphatic carbocycles. The number of carbonyl (C=O) groups is 3. The van der Waals surface area contributed by atoms with Gasteiger partial charge in [0.2, 0.25) is 0 Å². The third-order valence-corrected chi connectivity index (χ3v) is 10.2. The number of fused-ring (bicyclic) bond motifs is 3. The summed E-state index contributed by atoms with van der Waals surface area (Å²) < 4.78 is 0. The summed E-state index contributed by atoms with van der Waals surface area (Å²) in [6.45, 7) is 10.8. The smallest absolute Gasteiger partial charge is 0.183 e. The molecule has 7 atom stereocenters. The van der Waals surface area contributed by atoms with E-state index in [-0.39, 0.29) is 36.6 Å². The largest absolute Gasteiger partial charge is 0.392 e. The summed E-state index contributed by atoms with van der Waals surface area (Å²) in [5, 5.41) is 23.4. The third-order valence-electron chi connectivity index (χ3n) is 10.2. The molecule has 7 unspecified atom stereocenters. The first kappa shape index (κ1) is 23.8. The fourth-order valence-corrected chi connectivity index (χ4v) is 7.22. The molecule has 1 saturated heterocycles. The molecular weight excluding hydrogens is 436 g/mol. The second-order valence-corrected chi connectivity index (χ2v) is 11.9. The Bertz CT molecular complexity index is 1110. The Morgan fingerprint density at radius 3 is 2.21 bits per heavy atom. The van der Waals surface area contributed by atoms with Crippen molar-refractivity contribution in [3.63, 3.8) is 0 Å². The lowest BCUT2D eigenvalue weighted by Crippen LogP contribution is -2.65. The quantitative estimate of drug-likeness (QED) is 0.524. The first-order chi connectivity index (χ1) is 15.7. The van der Waals surface area contributed by atoms with Crippen LogP contribution in [0, 0.1) is 22.7 Å². The third kappa shape index (κ3) is 2.54. The van der Waals surface area contributed by atoms with Crippen LogP contribution in [-0.2, 0) is 24.2 Å². The van der Waals surface area contributed by atoms with Gasteiger partial charge in [-0.25, -0.2) is 9.78 Å². The first-order valence-corrected chi connectivity index (χ1v) is 12.2. The van der Waals surface area contributed by atoms with Crippen molar-refractivity contribution in [3.8, 4) is 0 Å². The minimum absolute atomic E-state index is 0.0979. The van der Waals surface area contributed by atoms with Gasteiger partial charge in [-0.1, -0.05) is 20.8 Å². The van der Waals surface area contributed by atoms with Crippen LogP contribution in [0.3, 0.4) is 0 Å². The fraction of sp³-hybridized carbons (Fsp3) is 0.667. The molecule has 2 N–H and O–H groups in total. The van der Waals surface area contributed by atoms with Gasteiger partial charge in [0.15, 0.2) is 17.3 Å². The Labute approximate surface area is 199 Å². The van der Waals surface area contributed by atoms with Crippen LogP contribution in [0.1, 0.15) is 67.2 Å². The number of allylic oxidation sites excluding steroid dienone is 4. The molecule has 5 aliphatic rings. The molecule has 34 heavy (non-hydrogen) atoms. The molecule has 7 nitrogen and oxygen atoms in total. The van der Waals surface area contributed by atoms with Crippen LogP contribution in [0.2, 0.25) is 0 Å². The normalized spacial score (nSPS) is 47.8. The number of rotatable bonds is 0. The Morgan fingerprint density at radius 1 is 0.853 bits per heavy atom. The van der Waals surface area contributed by atoms with Crippen LogP contribution in [0.15, 0.2) is 34.9 Å². The van der Waals surface area contributed by atoms with Crippen molar-refractivity contribution in [1.29, 1.82) is 0 Å². The van der Waals surface area contributed by atoms with Crippen molar-refractivity contribution in [2.75, 3.05) is 0 Å². The average Bonchev–Trinajstić information content (AvgIpc) is 3.03. The molecule has 0 radical (unpaired) electrons. The number of hydrogen-bond donors (Lipinski definition) is 2. The molecule has 1 heterocycles. The van der Waals surface area contributed by atoms with E-state index in [1.54, 1.807) is 27.7 Å². The molecule has 0 aromatic carbocycles. The van der Waals surface area contributed by atoms with Crippen molar-refractivity contribution in [2.45, 2.75) is 90.1 Å². The molecule has 2 bridgehead atoms. The van der Waals surface area contributed by atoms with E-state index >= 15 is 0 Å². The van der Waals surface area contributed by atoms with Crippen LogP contribution in [0.25, 0.3) is 0 Å². The SMILES string of the molecule is CC1C(O)C(C)C2(O)CCC3(OOC1(C)C)C1=CC(=O)C4=CC(=O)CCC4(C)C1=CC(=O)C32C. The summed E-state index contributed by atoms with van der Waals surface area (Å²) in [5.41, 5.74) is -4.65. The van der Waals surface area contributed by atoms with Crippen molar-refractivity contribution >= 4 is 17.3 Å². The van der Waals surface area contributed by atoms with Gasteiger partial charge in [0.1, 0.15) is 11.2 Å². The van der Waals surface area contributed by atoms with E-state index in [1.807, 2.05) is 13.8 Å². The highest BCUT2D eigenvalue weighted by Gasteiger charge is 2.76. The summed E-state index contributed by atoms with van der Waals surface area (Å²) in [6, 6.07) is 0. The lowest BCUT2D eigenvalue weighted by molar-refractivity contribution is -0.420. The molecule has 1 aliphatic heterocycles. The molecule has 184 valence electrons. The molecule has 0 amide bonds. The van der Waals surface area contributed by atoms with E-state index in [0.29, 0.717) is 23.1 Å². The summed E-state index contributed by atoms with van der Waals surface area (Å²) in [6.07, 6.45) is 4.60. The minimum atomic E-state index is -1.59. The van der Waals surface area contributed by atoms with E-state index in [2.05, 4.69) is 0 Å². The second kappa shape index (κ2) is 6.84. The highest BCUT2D eigenvalue weighted by Crippen LogP contribution is 2.68. The van der Waals surface area contributed by atoms with Gasteiger partial charge in [0.25, 0.3) is 0 Å². The molecular formula is C27H34O7. The van der Waals surface area contributed by atoms with Gasteiger partial charge < -0.3 is 10.2 Å². The van der Waals surface area contributed by atoms with E-state index in [4.69, 9.17) is 9.78 Å². The van der Waals surface area contributed by atoms with Crippen LogP contribution in [0.4, 0.5) is 0 Å². The number of ketones is 3. The van der Waals surface area contributed by atoms with E-state index < -0.39 is 45.6 Å². The minimum Gasteiger partial charge on any atom is -0.392 e. The maximum atomic E-state index is 14.0. The first-order valence-electron chi connectivity index (χ1n) is 12.2. The number of carbonyl (C=O) groups excluding carboxylic acids is 3. The Kier molecular flexibility index (Phi) is 4.79. The molecule has 0 aromatic rings. The van der Waals surface area contributed by atoms with Gasteiger partial charge in [-0.2, -0.15) is 0 Å². The van der Waals surface area contributed by atoms with Crippen molar-refractivity contribution in [3.05, 3.63) is 34.9 Å². The van der Waals surface area contributed by atoms with Crippen molar-refractivity contribution in [2.24, 2.45) is 22.7 Å². The van der Waals surface area contributed by atoms with Crippen LogP contribution in [0.5, 0.6) is 0 Å². The molecule has 7 heteroatoms. The second-order valence-electron chi connectivity index (χ2n) is 11.9. The van der Waals surface area contributed by atoms with E-state index in [1.165, 1.54) is 18.2 Å². The van der Waals surface area contributed by atoms with Crippen LogP contribution in [-0.4, -0.2) is 50.5 Å². The molecule has 0 spiro atoms. The Balaban J connectivity index is 1.80. The summed E-state index contributed by atoms with van der Waals surface area (Å²) >= 11 is 0. The highest BCUT2D eigenvalue weighted by molar-refractivity contribution is 6.15. The molecule has 2 fully saturated rings. The van der Waals surface area contributed by atoms with Gasteiger partial charge >= 0.3 is 0 Å². The van der Waals surface area contributed by atoms with Gasteiger partial charge in [-0.3, -0.25) is 14.4 Å².